The Kier molecular flexibility index (Phi) is 4.71. The first-order chi connectivity index (χ1) is 11.8. The lowest BCUT2D eigenvalue weighted by Gasteiger charge is -2.12. The maximum absolute atomic E-state index is 13.7. The summed E-state index contributed by atoms with van der Waals surface area (Å²) in [5, 5.41) is 13.7. The number of halogens is 1. The van der Waals surface area contributed by atoms with Crippen molar-refractivity contribution in [1.82, 2.24) is 15.0 Å². The molecule has 0 spiro atoms. The van der Waals surface area contributed by atoms with E-state index in [-0.39, 0.29) is 5.82 Å². The molecule has 0 aliphatic carbocycles. The summed E-state index contributed by atoms with van der Waals surface area (Å²) in [6, 6.07) is 10.0. The predicted octanol–water partition coefficient (Wildman–Crippen LogP) is 3.36. The van der Waals surface area contributed by atoms with Crippen LogP contribution in [0.5, 0.6) is 0 Å². The van der Waals surface area contributed by atoms with E-state index in [0.717, 1.165) is 0 Å². The van der Waals surface area contributed by atoms with E-state index in [4.69, 9.17) is 5.41 Å². The lowest BCUT2D eigenvalue weighted by atomic mass is 10.2. The number of benzene rings is 1. The van der Waals surface area contributed by atoms with Crippen LogP contribution in [0.4, 0.5) is 21.7 Å². The first-order valence-electron chi connectivity index (χ1n) is 7.27. The van der Waals surface area contributed by atoms with E-state index in [1.807, 2.05) is 0 Å². The molecule has 0 unspecified atom stereocenters. The van der Waals surface area contributed by atoms with Crippen LogP contribution in [0.15, 0.2) is 55.1 Å². The topological polar surface area (TPSA) is 86.6 Å². The predicted molar refractivity (Wildman–Crippen MR) is 91.2 cm³/mol. The Morgan fingerprint density at radius 1 is 1.12 bits per heavy atom. The SMILES string of the molecule is N=Cc1cnc(Nc2ccncn2)cc1NCc1ccccc1F. The van der Waals surface area contributed by atoms with Crippen molar-refractivity contribution in [2.75, 3.05) is 10.6 Å². The highest BCUT2D eigenvalue weighted by atomic mass is 19.1. The Morgan fingerprint density at radius 2 is 2.00 bits per heavy atom. The maximum atomic E-state index is 13.7. The van der Waals surface area contributed by atoms with Crippen LogP contribution in [0.25, 0.3) is 0 Å². The molecule has 2 heterocycles. The van der Waals surface area contributed by atoms with Gasteiger partial charge in [0.15, 0.2) is 0 Å². The van der Waals surface area contributed by atoms with Crippen molar-refractivity contribution >= 4 is 23.5 Å². The number of pyridine rings is 1. The summed E-state index contributed by atoms with van der Waals surface area (Å²) in [5.41, 5.74) is 1.84. The fraction of sp³-hybridized carbons (Fsp3) is 0.0588. The Balaban J connectivity index is 1.79. The van der Waals surface area contributed by atoms with Gasteiger partial charge in [0, 0.05) is 48.0 Å². The molecule has 3 N–H and O–H groups in total. The second-order valence-corrected chi connectivity index (χ2v) is 4.97. The number of anilines is 3. The van der Waals surface area contributed by atoms with Gasteiger partial charge in [-0.25, -0.2) is 19.3 Å². The van der Waals surface area contributed by atoms with Gasteiger partial charge in [-0.05, 0) is 12.1 Å². The summed E-state index contributed by atoms with van der Waals surface area (Å²) in [5.74, 6) is 0.908. The van der Waals surface area contributed by atoms with Crippen LogP contribution >= 0.6 is 0 Å². The smallest absolute Gasteiger partial charge is 0.134 e. The van der Waals surface area contributed by atoms with Gasteiger partial charge in [0.05, 0.1) is 0 Å². The molecule has 2 aromatic heterocycles. The molecule has 0 atom stereocenters. The summed E-state index contributed by atoms with van der Waals surface area (Å²) in [6.07, 6.45) is 5.83. The number of nitrogens with one attached hydrogen (secondary N) is 3. The molecule has 0 aliphatic heterocycles. The van der Waals surface area contributed by atoms with Crippen LogP contribution in [0.1, 0.15) is 11.1 Å². The van der Waals surface area contributed by atoms with E-state index >= 15 is 0 Å². The molecule has 3 aromatic rings. The number of aromatic nitrogens is 3. The van der Waals surface area contributed by atoms with Crippen LogP contribution in [-0.4, -0.2) is 21.2 Å². The molecule has 0 saturated heterocycles. The Labute approximate surface area is 138 Å². The van der Waals surface area contributed by atoms with Gasteiger partial charge in [0.1, 0.15) is 23.8 Å². The monoisotopic (exact) mass is 322 g/mol. The summed E-state index contributed by atoms with van der Waals surface area (Å²) >= 11 is 0. The van der Waals surface area contributed by atoms with Gasteiger partial charge < -0.3 is 16.0 Å². The summed E-state index contributed by atoms with van der Waals surface area (Å²) < 4.78 is 13.7. The van der Waals surface area contributed by atoms with Crippen molar-refractivity contribution in [2.24, 2.45) is 0 Å². The molecule has 120 valence electrons. The van der Waals surface area contributed by atoms with E-state index < -0.39 is 0 Å². The standard InChI is InChI=1S/C17H15FN6/c18-14-4-2-1-3-12(14)9-21-15-7-17(22-10-13(15)8-19)24-16-5-6-20-11-23-16/h1-8,10-11,19H,9H2,(H2,20,21,22,23,24). The first-order valence-corrected chi connectivity index (χ1v) is 7.27. The average Bonchev–Trinajstić information content (AvgIpc) is 2.62. The number of hydrogen-bond donors (Lipinski definition) is 3. The van der Waals surface area contributed by atoms with E-state index in [1.165, 1.54) is 18.6 Å². The van der Waals surface area contributed by atoms with Gasteiger partial charge in [0.2, 0.25) is 0 Å². The lowest BCUT2D eigenvalue weighted by molar-refractivity contribution is 0.613. The first kappa shape index (κ1) is 15.5. The molecule has 0 fully saturated rings. The number of nitrogens with zero attached hydrogens (tertiary/aromatic N) is 3. The van der Waals surface area contributed by atoms with E-state index in [0.29, 0.717) is 35.0 Å². The van der Waals surface area contributed by atoms with Crippen molar-refractivity contribution in [3.63, 3.8) is 0 Å². The minimum Gasteiger partial charge on any atom is -0.380 e. The maximum Gasteiger partial charge on any atom is 0.134 e. The zero-order valence-electron chi connectivity index (χ0n) is 12.7. The second-order valence-electron chi connectivity index (χ2n) is 4.97. The third-order valence-electron chi connectivity index (χ3n) is 3.36. The third-order valence-corrected chi connectivity index (χ3v) is 3.36. The molecule has 0 amide bonds. The molecule has 0 saturated carbocycles. The van der Waals surface area contributed by atoms with Crippen molar-refractivity contribution in [3.8, 4) is 0 Å². The fourth-order valence-electron chi connectivity index (χ4n) is 2.13. The van der Waals surface area contributed by atoms with Gasteiger partial charge in [-0.3, -0.25) is 0 Å². The highest BCUT2D eigenvalue weighted by molar-refractivity contribution is 5.86. The summed E-state index contributed by atoms with van der Waals surface area (Å²) in [4.78, 5) is 12.2. The van der Waals surface area contributed by atoms with Gasteiger partial charge in [-0.15, -0.1) is 0 Å². The number of hydrogen-bond acceptors (Lipinski definition) is 6. The quantitative estimate of drug-likeness (QED) is 0.606. The van der Waals surface area contributed by atoms with Gasteiger partial charge in [-0.1, -0.05) is 18.2 Å². The lowest BCUT2D eigenvalue weighted by Crippen LogP contribution is -2.06. The summed E-state index contributed by atoms with van der Waals surface area (Å²) in [7, 11) is 0. The van der Waals surface area contributed by atoms with Crippen molar-refractivity contribution in [3.05, 3.63) is 72.1 Å². The molecule has 0 radical (unpaired) electrons. The number of rotatable bonds is 6. The summed E-state index contributed by atoms with van der Waals surface area (Å²) in [6.45, 7) is 0.310. The minimum atomic E-state index is -0.269. The Bertz CT molecular complexity index is 837. The van der Waals surface area contributed by atoms with Crippen LogP contribution in [0.2, 0.25) is 0 Å². The molecular weight excluding hydrogens is 307 g/mol. The van der Waals surface area contributed by atoms with Gasteiger partial charge in [0.25, 0.3) is 0 Å². The molecule has 0 aliphatic rings. The zero-order chi connectivity index (χ0) is 16.8. The van der Waals surface area contributed by atoms with Crippen LogP contribution in [0, 0.1) is 11.2 Å². The molecule has 6 nitrogen and oxygen atoms in total. The average molecular weight is 322 g/mol. The molecule has 24 heavy (non-hydrogen) atoms. The molecular formula is C17H15FN6. The van der Waals surface area contributed by atoms with Gasteiger partial charge >= 0.3 is 0 Å². The Morgan fingerprint density at radius 3 is 2.75 bits per heavy atom. The van der Waals surface area contributed by atoms with Crippen LogP contribution in [-0.2, 0) is 6.54 Å². The molecule has 1 aromatic carbocycles. The zero-order valence-corrected chi connectivity index (χ0v) is 12.7. The molecule has 3 rings (SSSR count). The normalized spacial score (nSPS) is 10.2. The van der Waals surface area contributed by atoms with Crippen molar-refractivity contribution in [2.45, 2.75) is 6.54 Å². The van der Waals surface area contributed by atoms with Crippen molar-refractivity contribution in [1.29, 1.82) is 5.41 Å². The van der Waals surface area contributed by atoms with Crippen LogP contribution in [0.3, 0.4) is 0 Å². The van der Waals surface area contributed by atoms with Gasteiger partial charge in [-0.2, -0.15) is 0 Å². The largest absolute Gasteiger partial charge is 0.380 e. The highest BCUT2D eigenvalue weighted by Crippen LogP contribution is 2.20. The molecule has 7 heteroatoms. The second kappa shape index (κ2) is 7.28. The highest BCUT2D eigenvalue weighted by Gasteiger charge is 2.06. The minimum absolute atomic E-state index is 0.269. The molecule has 0 bridgehead atoms. The van der Waals surface area contributed by atoms with Crippen LogP contribution < -0.4 is 10.6 Å². The third kappa shape index (κ3) is 3.70. The van der Waals surface area contributed by atoms with E-state index in [1.54, 1.807) is 42.7 Å². The van der Waals surface area contributed by atoms with Crippen molar-refractivity contribution < 1.29 is 4.39 Å². The fourth-order valence-corrected chi connectivity index (χ4v) is 2.13. The Hall–Kier alpha value is -3.35. The van der Waals surface area contributed by atoms with E-state index in [2.05, 4.69) is 25.6 Å². The van der Waals surface area contributed by atoms with E-state index in [9.17, 15) is 4.39 Å².